The fraction of sp³-hybridized carbons (Fsp3) is 0.769. The summed E-state index contributed by atoms with van der Waals surface area (Å²) in [4.78, 5) is 7.14. The van der Waals surface area contributed by atoms with Gasteiger partial charge in [0.25, 0.3) is 0 Å². The van der Waals surface area contributed by atoms with Gasteiger partial charge in [-0.1, -0.05) is 6.92 Å². The Labute approximate surface area is 108 Å². The van der Waals surface area contributed by atoms with Crippen LogP contribution < -0.4 is 5.73 Å². The number of piperidine rings is 1. The largest absolute Gasteiger partial charge is 0.328 e. The van der Waals surface area contributed by atoms with E-state index >= 15 is 0 Å². The van der Waals surface area contributed by atoms with Crippen molar-refractivity contribution in [2.45, 2.75) is 45.7 Å². The summed E-state index contributed by atoms with van der Waals surface area (Å²) in [6, 6.07) is 0.350. The molecule has 4 heteroatoms. The predicted molar refractivity (Wildman–Crippen MR) is 73.1 cm³/mol. The van der Waals surface area contributed by atoms with Crippen molar-refractivity contribution in [3.8, 4) is 0 Å². The highest BCUT2D eigenvalue weighted by Gasteiger charge is 2.22. The Kier molecular flexibility index (Phi) is 4.54. The summed E-state index contributed by atoms with van der Waals surface area (Å²) < 4.78 is 0. The van der Waals surface area contributed by atoms with Crippen LogP contribution in [0.2, 0.25) is 0 Å². The van der Waals surface area contributed by atoms with Crippen molar-refractivity contribution >= 4 is 11.3 Å². The third-order valence-corrected chi connectivity index (χ3v) is 4.71. The van der Waals surface area contributed by atoms with E-state index in [1.807, 2.05) is 0 Å². The van der Waals surface area contributed by atoms with Gasteiger partial charge in [-0.25, -0.2) is 4.98 Å². The minimum absolute atomic E-state index is 0.350. The normalized spacial score (nSPS) is 20.6. The van der Waals surface area contributed by atoms with Crippen molar-refractivity contribution < 1.29 is 0 Å². The minimum atomic E-state index is 0.350. The van der Waals surface area contributed by atoms with E-state index in [2.05, 4.69) is 29.1 Å². The number of likely N-dealkylation sites (tertiary alicyclic amines) is 1. The first kappa shape index (κ1) is 13.0. The molecule has 1 atom stereocenters. The quantitative estimate of drug-likeness (QED) is 0.895. The van der Waals surface area contributed by atoms with Gasteiger partial charge in [-0.05, 0) is 45.2 Å². The summed E-state index contributed by atoms with van der Waals surface area (Å²) in [7, 11) is 0. The average molecular weight is 253 g/mol. The van der Waals surface area contributed by atoms with E-state index in [9.17, 15) is 0 Å². The Hall–Kier alpha value is -0.450. The van der Waals surface area contributed by atoms with Crippen molar-refractivity contribution in [1.82, 2.24) is 9.88 Å². The summed E-state index contributed by atoms with van der Waals surface area (Å²) in [6.07, 6.45) is 3.53. The second-order valence-corrected chi connectivity index (χ2v) is 6.00. The number of nitrogens with two attached hydrogens (primary N) is 1. The molecule has 0 spiro atoms. The van der Waals surface area contributed by atoms with Gasteiger partial charge < -0.3 is 5.73 Å². The van der Waals surface area contributed by atoms with Gasteiger partial charge in [-0.2, -0.15) is 0 Å². The summed E-state index contributed by atoms with van der Waals surface area (Å²) in [5.41, 5.74) is 7.20. The fourth-order valence-corrected chi connectivity index (χ4v) is 3.19. The Bertz CT molecular complexity index is 340. The second kappa shape index (κ2) is 5.94. The molecular weight excluding hydrogens is 230 g/mol. The molecule has 1 aromatic rings. The van der Waals surface area contributed by atoms with E-state index in [0.29, 0.717) is 12.0 Å². The molecule has 1 unspecified atom stereocenters. The van der Waals surface area contributed by atoms with Gasteiger partial charge in [0.1, 0.15) is 0 Å². The first-order chi connectivity index (χ1) is 8.19. The number of thiazole rings is 1. The molecule has 0 saturated carbocycles. The zero-order valence-electron chi connectivity index (χ0n) is 10.9. The van der Waals surface area contributed by atoms with E-state index in [1.165, 1.54) is 36.6 Å². The van der Waals surface area contributed by atoms with Crippen LogP contribution in [0.5, 0.6) is 0 Å². The number of aryl methyl sites for hydroxylation is 1. The van der Waals surface area contributed by atoms with Gasteiger partial charge in [-0.3, -0.25) is 4.90 Å². The molecule has 0 aliphatic carbocycles. The Balaban J connectivity index is 1.81. The van der Waals surface area contributed by atoms with E-state index in [0.717, 1.165) is 13.0 Å². The molecule has 2 heterocycles. The highest BCUT2D eigenvalue weighted by molar-refractivity contribution is 7.09. The van der Waals surface area contributed by atoms with Gasteiger partial charge in [0, 0.05) is 18.0 Å². The van der Waals surface area contributed by atoms with Gasteiger partial charge in [0.15, 0.2) is 0 Å². The maximum absolute atomic E-state index is 5.96. The highest BCUT2D eigenvalue weighted by Crippen LogP contribution is 2.21. The molecule has 2 rings (SSSR count). The zero-order valence-corrected chi connectivity index (χ0v) is 11.7. The van der Waals surface area contributed by atoms with Crippen LogP contribution in [0.15, 0.2) is 5.38 Å². The summed E-state index contributed by atoms with van der Waals surface area (Å²) in [5, 5.41) is 3.46. The molecule has 1 saturated heterocycles. The van der Waals surface area contributed by atoms with Crippen molar-refractivity contribution in [3.63, 3.8) is 0 Å². The monoisotopic (exact) mass is 253 g/mol. The molecule has 0 aromatic carbocycles. The predicted octanol–water partition coefficient (Wildman–Crippen LogP) is 2.26. The minimum Gasteiger partial charge on any atom is -0.328 e. The van der Waals surface area contributed by atoms with Crippen LogP contribution in [0.25, 0.3) is 0 Å². The molecule has 17 heavy (non-hydrogen) atoms. The maximum Gasteiger partial charge on any atom is 0.0926 e. The number of hydrogen-bond acceptors (Lipinski definition) is 4. The molecule has 0 amide bonds. The Morgan fingerprint density at radius 3 is 2.76 bits per heavy atom. The van der Waals surface area contributed by atoms with E-state index < -0.39 is 0 Å². The van der Waals surface area contributed by atoms with Gasteiger partial charge in [-0.15, -0.1) is 11.3 Å². The van der Waals surface area contributed by atoms with Crippen LogP contribution in [-0.4, -0.2) is 29.0 Å². The zero-order chi connectivity index (χ0) is 12.3. The lowest BCUT2D eigenvalue weighted by Gasteiger charge is -2.33. The van der Waals surface area contributed by atoms with Crippen molar-refractivity contribution in [2.75, 3.05) is 13.1 Å². The van der Waals surface area contributed by atoms with Crippen LogP contribution in [-0.2, 0) is 13.0 Å². The van der Waals surface area contributed by atoms with Crippen molar-refractivity contribution in [1.29, 1.82) is 0 Å². The highest BCUT2D eigenvalue weighted by atomic mass is 32.1. The molecule has 96 valence electrons. The molecule has 1 aliphatic heterocycles. The molecule has 1 aliphatic rings. The SMILES string of the molecule is CCc1nc(CN2CCC(C(C)N)CC2)cs1. The number of rotatable bonds is 4. The molecular formula is C13H23N3S. The van der Waals surface area contributed by atoms with E-state index in [4.69, 9.17) is 5.73 Å². The van der Waals surface area contributed by atoms with E-state index in [1.54, 1.807) is 11.3 Å². The molecule has 3 nitrogen and oxygen atoms in total. The standard InChI is InChI=1S/C13H23N3S/c1-3-13-15-12(9-17-13)8-16-6-4-11(5-7-16)10(2)14/h9-11H,3-8,14H2,1-2H3. The average Bonchev–Trinajstić information content (AvgIpc) is 2.77. The number of nitrogens with zero attached hydrogens (tertiary/aromatic N) is 2. The third-order valence-electron chi connectivity index (χ3n) is 3.66. The second-order valence-electron chi connectivity index (χ2n) is 5.06. The molecule has 2 N–H and O–H groups in total. The number of hydrogen-bond donors (Lipinski definition) is 1. The lowest BCUT2D eigenvalue weighted by Crippen LogP contribution is -2.39. The maximum atomic E-state index is 5.96. The molecule has 0 bridgehead atoms. The molecule has 1 aromatic heterocycles. The first-order valence-corrected chi connectivity index (χ1v) is 7.48. The first-order valence-electron chi connectivity index (χ1n) is 6.60. The van der Waals surface area contributed by atoms with Crippen molar-refractivity contribution in [3.05, 3.63) is 16.1 Å². The van der Waals surface area contributed by atoms with Crippen molar-refractivity contribution in [2.24, 2.45) is 11.7 Å². The van der Waals surface area contributed by atoms with Gasteiger partial charge in [0.2, 0.25) is 0 Å². The number of aromatic nitrogens is 1. The Morgan fingerprint density at radius 1 is 1.53 bits per heavy atom. The van der Waals surface area contributed by atoms with Crippen LogP contribution in [0.1, 0.15) is 37.4 Å². The third kappa shape index (κ3) is 3.50. The summed E-state index contributed by atoms with van der Waals surface area (Å²) in [5.74, 6) is 0.716. The van der Waals surface area contributed by atoms with Gasteiger partial charge >= 0.3 is 0 Å². The lowest BCUT2D eigenvalue weighted by atomic mass is 9.91. The summed E-state index contributed by atoms with van der Waals surface area (Å²) >= 11 is 1.79. The summed E-state index contributed by atoms with van der Waals surface area (Å²) in [6.45, 7) is 7.66. The van der Waals surface area contributed by atoms with Crippen LogP contribution >= 0.6 is 11.3 Å². The van der Waals surface area contributed by atoms with Crippen LogP contribution in [0, 0.1) is 5.92 Å². The van der Waals surface area contributed by atoms with E-state index in [-0.39, 0.29) is 0 Å². The van der Waals surface area contributed by atoms with Crippen LogP contribution in [0.4, 0.5) is 0 Å². The fourth-order valence-electron chi connectivity index (χ4n) is 2.45. The molecule has 1 fully saturated rings. The lowest BCUT2D eigenvalue weighted by molar-refractivity contribution is 0.164. The smallest absolute Gasteiger partial charge is 0.0926 e. The molecule has 0 radical (unpaired) electrons. The van der Waals surface area contributed by atoms with Crippen LogP contribution in [0.3, 0.4) is 0 Å². The Morgan fingerprint density at radius 2 is 2.24 bits per heavy atom. The van der Waals surface area contributed by atoms with Gasteiger partial charge in [0.05, 0.1) is 10.7 Å². The topological polar surface area (TPSA) is 42.2 Å².